The third kappa shape index (κ3) is 4.15. The highest BCUT2D eigenvalue weighted by atomic mass is 16.6. The summed E-state index contributed by atoms with van der Waals surface area (Å²) < 4.78 is 0. The van der Waals surface area contributed by atoms with Crippen LogP contribution in [-0.4, -0.2) is 10.8 Å². The summed E-state index contributed by atoms with van der Waals surface area (Å²) in [6.45, 7) is 3.82. The fourth-order valence-corrected chi connectivity index (χ4v) is 2.20. The van der Waals surface area contributed by atoms with Crippen LogP contribution in [0.4, 0.5) is 11.4 Å². The molecule has 5 nitrogen and oxygen atoms in total. The number of benzene rings is 2. The molecule has 0 aliphatic heterocycles. The van der Waals surface area contributed by atoms with Crippen molar-refractivity contribution < 1.29 is 9.72 Å². The second kappa shape index (κ2) is 6.85. The molecule has 5 heteroatoms. The molecule has 0 unspecified atom stereocenters. The van der Waals surface area contributed by atoms with Crippen molar-refractivity contribution in [3.63, 3.8) is 0 Å². The zero-order valence-electron chi connectivity index (χ0n) is 12.6. The van der Waals surface area contributed by atoms with Gasteiger partial charge in [-0.05, 0) is 31.4 Å². The van der Waals surface area contributed by atoms with Gasteiger partial charge in [0.05, 0.1) is 10.6 Å². The van der Waals surface area contributed by atoms with Crippen LogP contribution < -0.4 is 5.32 Å². The first-order valence-corrected chi connectivity index (χ1v) is 7.06. The minimum atomic E-state index is -0.470. The van der Waals surface area contributed by atoms with Crippen LogP contribution in [0.15, 0.2) is 42.5 Å². The first-order chi connectivity index (χ1) is 10.5. The van der Waals surface area contributed by atoms with Crippen molar-refractivity contribution in [2.75, 3.05) is 5.32 Å². The zero-order valence-corrected chi connectivity index (χ0v) is 12.6. The molecule has 0 atom stereocenters. The number of nitro benzene ring substituents is 1. The van der Waals surface area contributed by atoms with Gasteiger partial charge in [-0.25, -0.2) is 0 Å². The van der Waals surface area contributed by atoms with Gasteiger partial charge in [-0.15, -0.1) is 0 Å². The summed E-state index contributed by atoms with van der Waals surface area (Å²) in [6, 6.07) is 12.5. The van der Waals surface area contributed by atoms with E-state index in [4.69, 9.17) is 0 Å². The standard InChI is InChI=1S/C17H18N2O3/c1-12-4-3-5-14(10-12)7-9-17(20)18-16-11-15(19(21)22)8-6-13(16)2/h3-6,8,10-11H,7,9H2,1-2H3,(H,18,20). The van der Waals surface area contributed by atoms with Crippen molar-refractivity contribution in [2.24, 2.45) is 0 Å². The van der Waals surface area contributed by atoms with Gasteiger partial charge in [0, 0.05) is 18.6 Å². The number of non-ortho nitro benzene ring substituents is 1. The normalized spacial score (nSPS) is 10.3. The van der Waals surface area contributed by atoms with Crippen LogP contribution in [-0.2, 0) is 11.2 Å². The first kappa shape index (κ1) is 15.7. The van der Waals surface area contributed by atoms with Crippen LogP contribution in [0.2, 0.25) is 0 Å². The molecule has 0 bridgehead atoms. The van der Waals surface area contributed by atoms with Gasteiger partial charge in [0.15, 0.2) is 0 Å². The van der Waals surface area contributed by atoms with Gasteiger partial charge >= 0.3 is 0 Å². The van der Waals surface area contributed by atoms with Gasteiger partial charge in [0.25, 0.3) is 5.69 Å². The molecule has 0 aliphatic rings. The second-order valence-corrected chi connectivity index (χ2v) is 5.29. The van der Waals surface area contributed by atoms with Gasteiger partial charge in [-0.1, -0.05) is 35.9 Å². The van der Waals surface area contributed by atoms with E-state index < -0.39 is 4.92 Å². The highest BCUT2D eigenvalue weighted by molar-refractivity contribution is 5.92. The van der Waals surface area contributed by atoms with E-state index in [1.165, 1.54) is 12.1 Å². The average molecular weight is 298 g/mol. The Hall–Kier alpha value is -2.69. The van der Waals surface area contributed by atoms with Crippen LogP contribution in [0.3, 0.4) is 0 Å². The maximum atomic E-state index is 12.0. The number of nitro groups is 1. The third-order valence-corrected chi connectivity index (χ3v) is 3.43. The van der Waals surface area contributed by atoms with Crippen molar-refractivity contribution >= 4 is 17.3 Å². The quantitative estimate of drug-likeness (QED) is 0.674. The van der Waals surface area contributed by atoms with Gasteiger partial charge in [-0.2, -0.15) is 0 Å². The molecule has 114 valence electrons. The lowest BCUT2D eigenvalue weighted by atomic mass is 10.1. The summed E-state index contributed by atoms with van der Waals surface area (Å²) in [5.74, 6) is -0.148. The SMILES string of the molecule is Cc1cccc(CCC(=O)Nc2cc([N+](=O)[O-])ccc2C)c1. The summed E-state index contributed by atoms with van der Waals surface area (Å²) in [4.78, 5) is 22.3. The minimum absolute atomic E-state index is 0.0282. The van der Waals surface area contributed by atoms with E-state index in [0.29, 0.717) is 18.5 Å². The predicted octanol–water partition coefficient (Wildman–Crippen LogP) is 3.78. The molecule has 0 fully saturated rings. The number of nitrogens with one attached hydrogen (secondary N) is 1. The fraction of sp³-hybridized carbons (Fsp3) is 0.235. The number of carbonyl (C=O) groups is 1. The molecule has 1 amide bonds. The van der Waals surface area contributed by atoms with E-state index in [1.54, 1.807) is 13.0 Å². The van der Waals surface area contributed by atoms with Crippen LogP contribution in [0.5, 0.6) is 0 Å². The monoisotopic (exact) mass is 298 g/mol. The molecule has 2 aromatic carbocycles. The fourth-order valence-electron chi connectivity index (χ4n) is 2.20. The van der Waals surface area contributed by atoms with Crippen LogP contribution >= 0.6 is 0 Å². The van der Waals surface area contributed by atoms with E-state index in [9.17, 15) is 14.9 Å². The first-order valence-electron chi connectivity index (χ1n) is 7.06. The molecular weight excluding hydrogens is 280 g/mol. The smallest absolute Gasteiger partial charge is 0.271 e. The van der Waals surface area contributed by atoms with Crippen LogP contribution in [0, 0.1) is 24.0 Å². The zero-order chi connectivity index (χ0) is 16.1. The predicted molar refractivity (Wildman–Crippen MR) is 86.0 cm³/mol. The van der Waals surface area contributed by atoms with E-state index in [0.717, 1.165) is 16.7 Å². The van der Waals surface area contributed by atoms with Crippen LogP contribution in [0.25, 0.3) is 0 Å². The number of hydrogen-bond donors (Lipinski definition) is 1. The highest BCUT2D eigenvalue weighted by Crippen LogP contribution is 2.22. The number of anilines is 1. The van der Waals surface area contributed by atoms with E-state index in [1.807, 2.05) is 31.2 Å². The number of rotatable bonds is 5. The Kier molecular flexibility index (Phi) is 4.88. The Morgan fingerprint density at radius 3 is 2.64 bits per heavy atom. The summed E-state index contributed by atoms with van der Waals surface area (Å²) in [5, 5.41) is 13.5. The van der Waals surface area contributed by atoms with Gasteiger partial charge in [0.2, 0.25) is 5.91 Å². The molecule has 0 aliphatic carbocycles. The Bertz CT molecular complexity index is 711. The van der Waals surface area contributed by atoms with Crippen molar-refractivity contribution in [2.45, 2.75) is 26.7 Å². The number of aryl methyl sites for hydroxylation is 3. The summed E-state index contributed by atoms with van der Waals surface area (Å²) in [7, 11) is 0. The van der Waals surface area contributed by atoms with E-state index >= 15 is 0 Å². The topological polar surface area (TPSA) is 72.2 Å². The molecule has 22 heavy (non-hydrogen) atoms. The molecule has 0 heterocycles. The Balaban J connectivity index is 2.00. The lowest BCUT2D eigenvalue weighted by molar-refractivity contribution is -0.384. The van der Waals surface area contributed by atoms with Crippen molar-refractivity contribution in [1.29, 1.82) is 0 Å². The number of hydrogen-bond acceptors (Lipinski definition) is 3. The lowest BCUT2D eigenvalue weighted by Crippen LogP contribution is -2.13. The molecule has 0 radical (unpaired) electrons. The van der Waals surface area contributed by atoms with Gasteiger partial charge in [-0.3, -0.25) is 14.9 Å². The van der Waals surface area contributed by atoms with Crippen LogP contribution in [0.1, 0.15) is 23.1 Å². The van der Waals surface area contributed by atoms with Crippen molar-refractivity contribution in [3.05, 3.63) is 69.3 Å². The Labute approximate surface area is 129 Å². The summed E-state index contributed by atoms with van der Waals surface area (Å²) >= 11 is 0. The summed E-state index contributed by atoms with van der Waals surface area (Å²) in [6.07, 6.45) is 0.979. The minimum Gasteiger partial charge on any atom is -0.326 e. The maximum absolute atomic E-state index is 12.0. The average Bonchev–Trinajstić information content (AvgIpc) is 2.47. The number of amides is 1. The number of carbonyl (C=O) groups excluding carboxylic acids is 1. The lowest BCUT2D eigenvalue weighted by Gasteiger charge is -2.08. The molecule has 2 aromatic rings. The highest BCUT2D eigenvalue weighted by Gasteiger charge is 2.11. The number of nitrogens with zero attached hydrogens (tertiary/aromatic N) is 1. The molecule has 1 N–H and O–H groups in total. The third-order valence-electron chi connectivity index (χ3n) is 3.43. The summed E-state index contributed by atoms with van der Waals surface area (Å²) in [5.41, 5.74) is 3.52. The molecule has 0 spiro atoms. The van der Waals surface area contributed by atoms with Gasteiger partial charge < -0.3 is 5.32 Å². The largest absolute Gasteiger partial charge is 0.326 e. The van der Waals surface area contributed by atoms with Gasteiger partial charge in [0.1, 0.15) is 0 Å². The molecule has 0 saturated carbocycles. The molecule has 0 saturated heterocycles. The molecule has 2 rings (SSSR count). The van der Waals surface area contributed by atoms with Crippen molar-refractivity contribution in [3.8, 4) is 0 Å². The van der Waals surface area contributed by atoms with E-state index in [2.05, 4.69) is 5.32 Å². The Morgan fingerprint density at radius 1 is 1.18 bits per heavy atom. The van der Waals surface area contributed by atoms with E-state index in [-0.39, 0.29) is 11.6 Å². The second-order valence-electron chi connectivity index (χ2n) is 5.29. The molecule has 0 aromatic heterocycles. The van der Waals surface area contributed by atoms with Crippen molar-refractivity contribution in [1.82, 2.24) is 0 Å². The Morgan fingerprint density at radius 2 is 1.95 bits per heavy atom. The maximum Gasteiger partial charge on any atom is 0.271 e. The molecular formula is C17H18N2O3.